The standard InChI is InChI=1S/C22H26FN5O5S/c1-12(2)26-10-13(3)28-17-16(19(29)18(28)22(26)31)21(30)27(11-14-6-8-15(23)9-7-14)24-20(17)25(4)34(5,32)33/h6-9,12-13,29H,10-11H2,1-5H3. The molecule has 34 heavy (non-hydrogen) atoms. The number of halogens is 1. The van der Waals surface area contributed by atoms with Gasteiger partial charge < -0.3 is 14.6 Å². The molecule has 1 aliphatic heterocycles. The van der Waals surface area contributed by atoms with Crippen LogP contribution in [0.25, 0.3) is 10.9 Å². The highest BCUT2D eigenvalue weighted by Gasteiger charge is 2.39. The molecule has 1 amide bonds. The summed E-state index contributed by atoms with van der Waals surface area (Å²) < 4.78 is 41.6. The Balaban J connectivity index is 2.06. The summed E-state index contributed by atoms with van der Waals surface area (Å²) in [7, 11) is -2.52. The minimum absolute atomic E-state index is 0.0741. The first-order chi connectivity index (χ1) is 15.8. The molecule has 0 saturated carbocycles. The van der Waals surface area contributed by atoms with E-state index in [1.165, 1.54) is 35.9 Å². The molecule has 1 aromatic carbocycles. The van der Waals surface area contributed by atoms with E-state index >= 15 is 0 Å². The molecule has 4 rings (SSSR count). The van der Waals surface area contributed by atoms with Crippen LogP contribution in [0, 0.1) is 5.82 Å². The van der Waals surface area contributed by atoms with Crippen molar-refractivity contribution in [2.24, 2.45) is 0 Å². The number of benzene rings is 1. The molecule has 182 valence electrons. The van der Waals surface area contributed by atoms with Crippen LogP contribution in [0.5, 0.6) is 5.75 Å². The summed E-state index contributed by atoms with van der Waals surface area (Å²) in [5.74, 6) is -1.52. The Morgan fingerprint density at radius 3 is 2.41 bits per heavy atom. The van der Waals surface area contributed by atoms with Gasteiger partial charge in [-0.15, -0.1) is 5.10 Å². The number of sulfonamides is 1. The molecule has 0 saturated heterocycles. The fraction of sp³-hybridized carbons (Fsp3) is 0.409. The van der Waals surface area contributed by atoms with E-state index in [4.69, 9.17) is 0 Å². The van der Waals surface area contributed by atoms with Crippen molar-refractivity contribution >= 4 is 32.7 Å². The zero-order valence-electron chi connectivity index (χ0n) is 19.5. The van der Waals surface area contributed by atoms with Crippen molar-refractivity contribution in [3.63, 3.8) is 0 Å². The maximum Gasteiger partial charge on any atom is 0.280 e. The average Bonchev–Trinajstić information content (AvgIpc) is 3.07. The normalized spacial score (nSPS) is 16.4. The van der Waals surface area contributed by atoms with Gasteiger partial charge in [-0.3, -0.25) is 13.9 Å². The summed E-state index contributed by atoms with van der Waals surface area (Å²) >= 11 is 0. The predicted octanol–water partition coefficient (Wildman–Crippen LogP) is 1.91. The van der Waals surface area contributed by atoms with Crippen molar-refractivity contribution in [2.75, 3.05) is 24.2 Å². The molecule has 0 spiro atoms. The van der Waals surface area contributed by atoms with Crippen molar-refractivity contribution < 1.29 is 22.7 Å². The van der Waals surface area contributed by atoms with Crippen molar-refractivity contribution in [3.05, 3.63) is 51.7 Å². The number of fused-ring (bicyclic) bond motifs is 3. The Bertz CT molecular complexity index is 1460. The fourth-order valence-electron chi connectivity index (χ4n) is 4.25. The molecule has 1 atom stereocenters. The van der Waals surface area contributed by atoms with Crippen LogP contribution >= 0.6 is 0 Å². The lowest BCUT2D eigenvalue weighted by Crippen LogP contribution is -2.45. The third kappa shape index (κ3) is 3.71. The van der Waals surface area contributed by atoms with Crippen LogP contribution < -0.4 is 9.86 Å². The highest BCUT2D eigenvalue weighted by molar-refractivity contribution is 7.92. The quantitative estimate of drug-likeness (QED) is 0.583. The molecule has 3 aromatic rings. The first-order valence-corrected chi connectivity index (χ1v) is 12.5. The largest absolute Gasteiger partial charge is 0.505 e. The Labute approximate surface area is 195 Å². The molecule has 0 fully saturated rings. The van der Waals surface area contributed by atoms with Gasteiger partial charge in [-0.2, -0.15) is 0 Å². The van der Waals surface area contributed by atoms with Crippen molar-refractivity contribution in [3.8, 4) is 5.75 Å². The molecule has 1 unspecified atom stereocenters. The Hall–Kier alpha value is -3.41. The number of hydrogen-bond donors (Lipinski definition) is 1. The monoisotopic (exact) mass is 491 g/mol. The molecule has 2 aromatic heterocycles. The average molecular weight is 492 g/mol. The van der Waals surface area contributed by atoms with E-state index in [9.17, 15) is 27.5 Å². The Morgan fingerprint density at radius 2 is 1.85 bits per heavy atom. The summed E-state index contributed by atoms with van der Waals surface area (Å²) in [4.78, 5) is 28.3. The van der Waals surface area contributed by atoms with Crippen LogP contribution in [-0.4, -0.2) is 64.6 Å². The molecule has 12 heteroatoms. The topological polar surface area (TPSA) is 118 Å². The van der Waals surface area contributed by atoms with E-state index in [2.05, 4.69) is 5.10 Å². The van der Waals surface area contributed by atoms with Gasteiger partial charge in [-0.1, -0.05) is 12.1 Å². The van der Waals surface area contributed by atoms with E-state index < -0.39 is 33.1 Å². The number of amides is 1. The number of carbonyl (C=O) groups excluding carboxylic acids is 1. The second kappa shape index (κ2) is 8.12. The lowest BCUT2D eigenvalue weighted by atomic mass is 10.1. The third-order valence-corrected chi connectivity index (χ3v) is 7.25. The van der Waals surface area contributed by atoms with Gasteiger partial charge in [-0.05, 0) is 38.5 Å². The number of aromatic nitrogens is 3. The predicted molar refractivity (Wildman–Crippen MR) is 125 cm³/mol. The Morgan fingerprint density at radius 1 is 1.24 bits per heavy atom. The zero-order chi connectivity index (χ0) is 25.1. The van der Waals surface area contributed by atoms with Gasteiger partial charge in [0.1, 0.15) is 16.7 Å². The van der Waals surface area contributed by atoms with Gasteiger partial charge >= 0.3 is 0 Å². The molecule has 10 nitrogen and oxygen atoms in total. The highest BCUT2D eigenvalue weighted by Crippen LogP contribution is 2.40. The lowest BCUT2D eigenvalue weighted by Gasteiger charge is -2.36. The van der Waals surface area contributed by atoms with Crippen LogP contribution in [-0.2, 0) is 16.6 Å². The van der Waals surface area contributed by atoms with Crippen molar-refractivity contribution in [1.82, 2.24) is 19.2 Å². The molecule has 0 bridgehead atoms. The van der Waals surface area contributed by atoms with Crippen LogP contribution in [0.4, 0.5) is 10.2 Å². The van der Waals surface area contributed by atoms with E-state index in [0.717, 1.165) is 15.2 Å². The summed E-state index contributed by atoms with van der Waals surface area (Å²) in [5.41, 5.74) is -0.156. The van der Waals surface area contributed by atoms with E-state index in [-0.39, 0.29) is 41.0 Å². The van der Waals surface area contributed by atoms with Gasteiger partial charge in [0.2, 0.25) is 10.0 Å². The first kappa shape index (κ1) is 23.7. The second-order valence-corrected chi connectivity index (χ2v) is 10.8. The van der Waals surface area contributed by atoms with E-state index in [0.29, 0.717) is 12.1 Å². The number of carbonyl (C=O) groups is 1. The Kier molecular flexibility index (Phi) is 5.67. The fourth-order valence-corrected chi connectivity index (χ4v) is 4.69. The molecular formula is C22H26FN5O5S. The number of hydrogen-bond acceptors (Lipinski definition) is 6. The van der Waals surface area contributed by atoms with Crippen molar-refractivity contribution in [2.45, 2.75) is 39.4 Å². The summed E-state index contributed by atoms with van der Waals surface area (Å²) in [6.07, 6.45) is 0.991. The van der Waals surface area contributed by atoms with Gasteiger partial charge in [0.15, 0.2) is 17.3 Å². The molecule has 0 aliphatic carbocycles. The van der Waals surface area contributed by atoms with Gasteiger partial charge in [-0.25, -0.2) is 17.5 Å². The summed E-state index contributed by atoms with van der Waals surface area (Å²) in [6, 6.07) is 4.91. The summed E-state index contributed by atoms with van der Waals surface area (Å²) in [6.45, 7) is 5.73. The van der Waals surface area contributed by atoms with E-state index in [1.54, 1.807) is 4.90 Å². The summed E-state index contributed by atoms with van der Waals surface area (Å²) in [5, 5.41) is 15.2. The molecule has 0 radical (unpaired) electrons. The smallest absolute Gasteiger partial charge is 0.280 e. The SMILES string of the molecule is CC(C)N1CC(C)n2c(c(O)c3c(=O)n(Cc4ccc(F)cc4)nc(N(C)S(C)(=O)=O)c32)C1=O. The van der Waals surface area contributed by atoms with Gasteiger partial charge in [0.25, 0.3) is 11.5 Å². The minimum Gasteiger partial charge on any atom is -0.505 e. The lowest BCUT2D eigenvalue weighted by molar-refractivity contribution is 0.0616. The minimum atomic E-state index is -3.81. The van der Waals surface area contributed by atoms with Crippen LogP contribution in [0.2, 0.25) is 0 Å². The third-order valence-electron chi connectivity index (χ3n) is 6.09. The number of rotatable bonds is 5. The number of nitrogens with zero attached hydrogens (tertiary/aromatic N) is 5. The van der Waals surface area contributed by atoms with Crippen LogP contribution in [0.1, 0.15) is 42.9 Å². The first-order valence-electron chi connectivity index (χ1n) is 10.7. The van der Waals surface area contributed by atoms with Crippen LogP contribution in [0.15, 0.2) is 29.1 Å². The number of anilines is 1. The van der Waals surface area contributed by atoms with Gasteiger partial charge in [0, 0.05) is 25.7 Å². The molecular weight excluding hydrogens is 465 g/mol. The van der Waals surface area contributed by atoms with Gasteiger partial charge in [0.05, 0.1) is 12.8 Å². The maximum absolute atomic E-state index is 13.5. The molecule has 1 aliphatic rings. The van der Waals surface area contributed by atoms with Crippen molar-refractivity contribution in [1.29, 1.82) is 0 Å². The molecule has 3 heterocycles. The van der Waals surface area contributed by atoms with E-state index in [1.807, 2.05) is 20.8 Å². The highest BCUT2D eigenvalue weighted by atomic mass is 32.2. The molecule has 1 N–H and O–H groups in total. The zero-order valence-corrected chi connectivity index (χ0v) is 20.3. The van der Waals surface area contributed by atoms with Crippen LogP contribution in [0.3, 0.4) is 0 Å². The maximum atomic E-state index is 13.5. The number of aromatic hydroxyl groups is 1. The second-order valence-electron chi connectivity index (χ2n) is 8.83.